The van der Waals surface area contributed by atoms with Crippen molar-refractivity contribution in [2.24, 2.45) is 0 Å². The average Bonchev–Trinajstić information content (AvgIpc) is 2.82. The van der Waals surface area contributed by atoms with E-state index >= 15 is 0 Å². The number of halogens is 2. The number of anilines is 1. The average molecular weight is 372 g/mol. The molecule has 21 heavy (non-hydrogen) atoms. The first-order valence-electron chi connectivity index (χ1n) is 6.12. The number of nitrogens with one attached hydrogen (secondary N) is 1. The highest BCUT2D eigenvalue weighted by Gasteiger charge is 2.14. The lowest BCUT2D eigenvalue weighted by Gasteiger charge is -2.09. The molecule has 110 valence electrons. The number of carboxylic acid groups (broad SMARTS) is 1. The molecule has 0 atom stereocenters. The Morgan fingerprint density at radius 2 is 2.10 bits per heavy atom. The van der Waals surface area contributed by atoms with Gasteiger partial charge in [-0.25, -0.2) is 4.79 Å². The summed E-state index contributed by atoms with van der Waals surface area (Å²) >= 11 is 9.32. The highest BCUT2D eigenvalue weighted by atomic mass is 79.9. The molecule has 0 aliphatic heterocycles. The first kappa shape index (κ1) is 15.6. The van der Waals surface area contributed by atoms with Gasteiger partial charge in [-0.1, -0.05) is 11.6 Å². The highest BCUT2D eigenvalue weighted by molar-refractivity contribution is 9.10. The molecule has 2 rings (SSSR count). The molecule has 0 saturated carbocycles. The van der Waals surface area contributed by atoms with E-state index in [0.717, 1.165) is 4.47 Å². The van der Waals surface area contributed by atoms with Crippen molar-refractivity contribution >= 4 is 45.1 Å². The van der Waals surface area contributed by atoms with Crippen LogP contribution in [0.1, 0.15) is 27.8 Å². The van der Waals surface area contributed by atoms with Gasteiger partial charge in [0.25, 0.3) is 5.91 Å². The number of carboxylic acids is 1. The molecule has 7 heteroatoms. The topological polar surface area (TPSA) is 71.3 Å². The predicted octanol–water partition coefficient (Wildman–Crippen LogP) is 3.87. The van der Waals surface area contributed by atoms with Gasteiger partial charge in [0.2, 0.25) is 0 Å². The first-order chi connectivity index (χ1) is 9.92. The number of hydrogen-bond acceptors (Lipinski definition) is 2. The molecule has 0 bridgehead atoms. The number of nitrogens with zero attached hydrogens (tertiary/aromatic N) is 1. The lowest BCUT2D eigenvalue weighted by Crippen LogP contribution is -2.16. The summed E-state index contributed by atoms with van der Waals surface area (Å²) in [4.78, 5) is 23.1. The van der Waals surface area contributed by atoms with E-state index in [1.54, 1.807) is 10.6 Å². The molecular weight excluding hydrogens is 360 g/mol. The Hall–Kier alpha value is -1.79. The van der Waals surface area contributed by atoms with Crippen LogP contribution in [0.5, 0.6) is 0 Å². The van der Waals surface area contributed by atoms with Gasteiger partial charge in [-0.3, -0.25) is 4.79 Å². The van der Waals surface area contributed by atoms with Crippen molar-refractivity contribution in [3.8, 4) is 0 Å². The maximum Gasteiger partial charge on any atom is 0.335 e. The van der Waals surface area contributed by atoms with Crippen LogP contribution in [0.4, 0.5) is 5.69 Å². The number of carbonyl (C=O) groups excluding carboxylic acids is 1. The van der Waals surface area contributed by atoms with Crippen LogP contribution in [0.25, 0.3) is 0 Å². The molecule has 0 spiro atoms. The van der Waals surface area contributed by atoms with Crippen LogP contribution in [0.15, 0.2) is 34.9 Å². The fraction of sp³-hybridized carbons (Fsp3) is 0.143. The smallest absolute Gasteiger partial charge is 0.335 e. The predicted molar refractivity (Wildman–Crippen MR) is 84.2 cm³/mol. The second-order valence-corrected chi connectivity index (χ2v) is 5.61. The van der Waals surface area contributed by atoms with Crippen LogP contribution in [-0.4, -0.2) is 21.6 Å². The zero-order chi connectivity index (χ0) is 15.6. The Morgan fingerprint density at radius 1 is 1.38 bits per heavy atom. The molecule has 0 aliphatic rings. The van der Waals surface area contributed by atoms with Crippen LogP contribution in [0.3, 0.4) is 0 Å². The lowest BCUT2D eigenvalue weighted by molar-refractivity contribution is 0.0696. The lowest BCUT2D eigenvalue weighted by atomic mass is 10.2. The quantitative estimate of drug-likeness (QED) is 0.857. The van der Waals surface area contributed by atoms with Gasteiger partial charge >= 0.3 is 5.97 Å². The molecule has 1 aromatic carbocycles. The molecular formula is C14H12BrClN2O3. The monoisotopic (exact) mass is 370 g/mol. The third-order valence-corrected chi connectivity index (χ3v) is 3.65. The minimum atomic E-state index is -1.07. The molecule has 5 nitrogen and oxygen atoms in total. The van der Waals surface area contributed by atoms with Gasteiger partial charge in [0, 0.05) is 17.2 Å². The van der Waals surface area contributed by atoms with Crippen LogP contribution in [-0.2, 0) is 6.54 Å². The third-order valence-electron chi connectivity index (χ3n) is 2.90. The van der Waals surface area contributed by atoms with Gasteiger partial charge in [0.05, 0.1) is 16.3 Å². The molecule has 1 aromatic heterocycles. The van der Waals surface area contributed by atoms with Crippen LogP contribution >= 0.6 is 27.5 Å². The molecule has 0 unspecified atom stereocenters. The fourth-order valence-corrected chi connectivity index (χ4v) is 2.55. The van der Waals surface area contributed by atoms with E-state index in [4.69, 9.17) is 16.7 Å². The van der Waals surface area contributed by atoms with E-state index in [1.165, 1.54) is 18.2 Å². The minimum absolute atomic E-state index is 0.0673. The SMILES string of the molecule is CCn1cc(Br)cc1C(=O)Nc1ccc(C(=O)O)cc1Cl. The first-order valence-corrected chi connectivity index (χ1v) is 7.29. The van der Waals surface area contributed by atoms with Crippen molar-refractivity contribution in [1.82, 2.24) is 4.57 Å². The van der Waals surface area contributed by atoms with Gasteiger partial charge in [0.15, 0.2) is 0 Å². The molecule has 0 saturated heterocycles. The van der Waals surface area contributed by atoms with Crippen molar-refractivity contribution in [2.75, 3.05) is 5.32 Å². The normalized spacial score (nSPS) is 10.4. The summed E-state index contributed by atoms with van der Waals surface area (Å²) in [5, 5.41) is 11.7. The van der Waals surface area contributed by atoms with Crippen molar-refractivity contribution in [1.29, 1.82) is 0 Å². The van der Waals surface area contributed by atoms with Crippen LogP contribution in [0.2, 0.25) is 5.02 Å². The van der Waals surface area contributed by atoms with Crippen molar-refractivity contribution in [3.05, 3.63) is 51.2 Å². The van der Waals surface area contributed by atoms with Crippen molar-refractivity contribution in [2.45, 2.75) is 13.5 Å². The van der Waals surface area contributed by atoms with E-state index in [-0.39, 0.29) is 16.5 Å². The Balaban J connectivity index is 2.25. The number of hydrogen-bond donors (Lipinski definition) is 2. The van der Waals surface area contributed by atoms with Crippen molar-refractivity contribution < 1.29 is 14.7 Å². The van der Waals surface area contributed by atoms with Crippen molar-refractivity contribution in [3.63, 3.8) is 0 Å². The second kappa shape index (κ2) is 6.32. The highest BCUT2D eigenvalue weighted by Crippen LogP contribution is 2.24. The molecule has 1 heterocycles. The van der Waals surface area contributed by atoms with E-state index in [2.05, 4.69) is 21.2 Å². The largest absolute Gasteiger partial charge is 0.478 e. The number of aromatic carboxylic acids is 1. The van der Waals surface area contributed by atoms with Gasteiger partial charge in [0.1, 0.15) is 5.69 Å². The Bertz CT molecular complexity index is 712. The second-order valence-electron chi connectivity index (χ2n) is 4.28. The van der Waals surface area contributed by atoms with E-state index in [0.29, 0.717) is 17.9 Å². The van der Waals surface area contributed by atoms with Gasteiger partial charge < -0.3 is 15.0 Å². The molecule has 0 radical (unpaired) electrons. The van der Waals surface area contributed by atoms with Gasteiger partial charge in [-0.15, -0.1) is 0 Å². The summed E-state index contributed by atoms with van der Waals surface area (Å²) in [6, 6.07) is 5.86. The van der Waals surface area contributed by atoms with Crippen LogP contribution in [0, 0.1) is 0 Å². The Morgan fingerprint density at radius 3 is 2.67 bits per heavy atom. The summed E-state index contributed by atoms with van der Waals surface area (Å²) in [5.41, 5.74) is 0.923. The van der Waals surface area contributed by atoms with Gasteiger partial charge in [-0.05, 0) is 47.1 Å². The zero-order valence-electron chi connectivity index (χ0n) is 11.1. The number of benzene rings is 1. The maximum absolute atomic E-state index is 12.3. The fourth-order valence-electron chi connectivity index (χ4n) is 1.86. The maximum atomic E-state index is 12.3. The minimum Gasteiger partial charge on any atom is -0.478 e. The number of aromatic nitrogens is 1. The van der Waals surface area contributed by atoms with E-state index < -0.39 is 5.97 Å². The number of aryl methyl sites for hydroxylation is 1. The summed E-state index contributed by atoms with van der Waals surface area (Å²) in [6.07, 6.45) is 1.81. The summed E-state index contributed by atoms with van der Waals surface area (Å²) in [6.45, 7) is 2.58. The standard InChI is InChI=1S/C14H12BrClN2O3/c1-2-18-7-9(15)6-12(18)13(19)17-11-4-3-8(14(20)21)5-10(11)16/h3-7H,2H2,1H3,(H,17,19)(H,20,21). The van der Waals surface area contributed by atoms with E-state index in [1.807, 2.05) is 13.1 Å². The molecule has 1 amide bonds. The Kier molecular flexibility index (Phi) is 4.69. The van der Waals surface area contributed by atoms with Crippen LogP contribution < -0.4 is 5.32 Å². The van der Waals surface area contributed by atoms with E-state index in [9.17, 15) is 9.59 Å². The number of rotatable bonds is 4. The summed E-state index contributed by atoms with van der Waals surface area (Å²) in [5.74, 6) is -1.38. The number of carbonyl (C=O) groups is 2. The molecule has 2 N–H and O–H groups in total. The molecule has 2 aromatic rings. The zero-order valence-corrected chi connectivity index (χ0v) is 13.4. The molecule has 0 aliphatic carbocycles. The molecule has 0 fully saturated rings. The summed E-state index contributed by atoms with van der Waals surface area (Å²) in [7, 11) is 0. The summed E-state index contributed by atoms with van der Waals surface area (Å²) < 4.78 is 2.60. The van der Waals surface area contributed by atoms with Gasteiger partial charge in [-0.2, -0.15) is 0 Å². The Labute approximate surface area is 134 Å². The third kappa shape index (κ3) is 3.46. The number of amides is 1.